The fourth-order valence-electron chi connectivity index (χ4n) is 1.90. The summed E-state index contributed by atoms with van der Waals surface area (Å²) in [5.41, 5.74) is 2.09. The van der Waals surface area contributed by atoms with Gasteiger partial charge in [0.15, 0.2) is 0 Å². The molecule has 0 aliphatic carbocycles. The van der Waals surface area contributed by atoms with Gasteiger partial charge in [-0.05, 0) is 24.1 Å². The highest BCUT2D eigenvalue weighted by Gasteiger charge is 2.25. The van der Waals surface area contributed by atoms with Gasteiger partial charge in [-0.15, -0.1) is 0 Å². The minimum atomic E-state index is -0.258. The summed E-state index contributed by atoms with van der Waals surface area (Å²) in [5.74, 6) is -0.0267. The Morgan fingerprint density at radius 2 is 2.06 bits per heavy atom. The smallest absolute Gasteiger partial charge is 0.238 e. The topological polar surface area (TPSA) is 52.6 Å². The largest absolute Gasteiger partial charge is 0.390 e. The van der Waals surface area contributed by atoms with Crippen LogP contribution in [0.2, 0.25) is 0 Å². The summed E-state index contributed by atoms with van der Waals surface area (Å²) < 4.78 is 0. The van der Waals surface area contributed by atoms with Crippen LogP contribution in [0.15, 0.2) is 24.3 Å². The van der Waals surface area contributed by atoms with E-state index >= 15 is 0 Å². The van der Waals surface area contributed by atoms with E-state index in [1.807, 2.05) is 29.2 Å². The van der Waals surface area contributed by atoms with Gasteiger partial charge in [0.05, 0.1) is 12.6 Å². The fraction of sp³-hybridized carbons (Fsp3) is 0.462. The average molecular weight is 234 g/mol. The second kappa shape index (κ2) is 5.29. The normalized spacial score (nSPS) is 16.6. The number of amides is 1. The minimum absolute atomic E-state index is 0.0267. The van der Waals surface area contributed by atoms with Crippen molar-refractivity contribution < 1.29 is 9.90 Å². The first-order valence-corrected chi connectivity index (χ1v) is 5.96. The Bertz CT molecular complexity index is 383. The molecule has 0 saturated carbocycles. The number of β-amino-alcohol motifs (C(OH)–C–C–N with tert-alkyl or cyclic N) is 1. The van der Waals surface area contributed by atoms with Crippen LogP contribution >= 0.6 is 0 Å². The Labute approximate surface area is 101 Å². The Hall–Kier alpha value is -1.39. The van der Waals surface area contributed by atoms with Gasteiger partial charge < -0.3 is 10.4 Å². The van der Waals surface area contributed by atoms with Crippen LogP contribution in [0.4, 0.5) is 5.69 Å². The lowest BCUT2D eigenvalue weighted by Crippen LogP contribution is -2.53. The van der Waals surface area contributed by atoms with Gasteiger partial charge in [-0.2, -0.15) is 0 Å². The van der Waals surface area contributed by atoms with Gasteiger partial charge in [-0.1, -0.05) is 19.1 Å². The SMILES string of the molecule is CCc1ccc(NC(=O)CN2CC(O)C2)cc1. The van der Waals surface area contributed by atoms with E-state index in [1.165, 1.54) is 5.56 Å². The second-order valence-corrected chi connectivity index (χ2v) is 4.45. The Kier molecular flexibility index (Phi) is 3.76. The van der Waals surface area contributed by atoms with Gasteiger partial charge in [0.1, 0.15) is 0 Å². The summed E-state index contributed by atoms with van der Waals surface area (Å²) in [4.78, 5) is 13.6. The van der Waals surface area contributed by atoms with E-state index in [0.29, 0.717) is 19.6 Å². The number of likely N-dealkylation sites (tertiary alicyclic amines) is 1. The predicted octanol–water partition coefficient (Wildman–Crippen LogP) is 0.864. The maximum atomic E-state index is 11.6. The minimum Gasteiger partial charge on any atom is -0.390 e. The van der Waals surface area contributed by atoms with E-state index in [4.69, 9.17) is 5.11 Å². The van der Waals surface area contributed by atoms with E-state index in [-0.39, 0.29) is 12.0 Å². The summed E-state index contributed by atoms with van der Waals surface area (Å²) in [5, 5.41) is 12.0. The first-order valence-electron chi connectivity index (χ1n) is 5.96. The molecule has 0 unspecified atom stereocenters. The molecule has 1 aromatic carbocycles. The van der Waals surface area contributed by atoms with Crippen LogP contribution in [0, 0.1) is 0 Å². The number of nitrogens with one attached hydrogen (secondary N) is 1. The number of hydrogen-bond donors (Lipinski definition) is 2. The molecule has 1 saturated heterocycles. The monoisotopic (exact) mass is 234 g/mol. The van der Waals surface area contributed by atoms with Crippen molar-refractivity contribution in [1.82, 2.24) is 4.90 Å². The maximum Gasteiger partial charge on any atom is 0.238 e. The summed E-state index contributed by atoms with van der Waals surface area (Å²) in [6.07, 6.45) is 0.742. The highest BCUT2D eigenvalue weighted by Crippen LogP contribution is 2.11. The van der Waals surface area contributed by atoms with Crippen LogP contribution in [-0.4, -0.2) is 41.7 Å². The standard InChI is InChI=1S/C13H18N2O2/c1-2-10-3-5-11(6-4-10)14-13(17)9-15-7-12(16)8-15/h3-6,12,16H,2,7-9H2,1H3,(H,14,17). The van der Waals surface area contributed by atoms with Gasteiger partial charge in [-0.3, -0.25) is 9.69 Å². The third-order valence-electron chi connectivity index (χ3n) is 2.95. The van der Waals surface area contributed by atoms with Crippen LogP contribution < -0.4 is 5.32 Å². The summed E-state index contributed by atoms with van der Waals surface area (Å²) in [6.45, 7) is 3.65. The Morgan fingerprint density at radius 1 is 1.41 bits per heavy atom. The lowest BCUT2D eigenvalue weighted by molar-refractivity contribution is -0.119. The van der Waals surface area contributed by atoms with Crippen LogP contribution in [0.3, 0.4) is 0 Å². The molecule has 1 aliphatic heterocycles. The summed E-state index contributed by atoms with van der Waals surface area (Å²) >= 11 is 0. The number of benzene rings is 1. The molecule has 0 bridgehead atoms. The van der Waals surface area contributed by atoms with Gasteiger partial charge in [0.25, 0.3) is 0 Å². The number of anilines is 1. The van der Waals surface area contributed by atoms with Crippen molar-refractivity contribution in [1.29, 1.82) is 0 Å². The van der Waals surface area contributed by atoms with E-state index in [9.17, 15) is 4.79 Å². The molecule has 0 spiro atoms. The quantitative estimate of drug-likeness (QED) is 0.812. The Balaban J connectivity index is 1.81. The van der Waals surface area contributed by atoms with Crippen molar-refractivity contribution >= 4 is 11.6 Å². The van der Waals surface area contributed by atoms with Crippen LogP contribution in [0.5, 0.6) is 0 Å². The average Bonchev–Trinajstić information content (AvgIpc) is 2.28. The van der Waals surface area contributed by atoms with E-state index in [2.05, 4.69) is 12.2 Å². The molecule has 0 aromatic heterocycles. The van der Waals surface area contributed by atoms with Gasteiger partial charge in [-0.25, -0.2) is 0 Å². The molecule has 4 nitrogen and oxygen atoms in total. The van der Waals surface area contributed by atoms with Gasteiger partial charge in [0, 0.05) is 18.8 Å². The molecule has 17 heavy (non-hydrogen) atoms. The molecule has 92 valence electrons. The molecule has 1 aliphatic rings. The summed E-state index contributed by atoms with van der Waals surface area (Å²) in [6, 6.07) is 7.87. The molecule has 1 fully saturated rings. The molecule has 1 aromatic rings. The third kappa shape index (κ3) is 3.28. The zero-order valence-corrected chi connectivity index (χ0v) is 10.0. The van der Waals surface area contributed by atoms with Gasteiger partial charge >= 0.3 is 0 Å². The Morgan fingerprint density at radius 3 is 2.59 bits per heavy atom. The molecule has 2 rings (SSSR count). The number of hydrogen-bond acceptors (Lipinski definition) is 3. The number of aliphatic hydroxyl groups is 1. The molecule has 0 atom stereocenters. The number of rotatable bonds is 4. The van der Waals surface area contributed by atoms with Crippen molar-refractivity contribution in [3.05, 3.63) is 29.8 Å². The lowest BCUT2D eigenvalue weighted by atomic mass is 10.1. The van der Waals surface area contributed by atoms with Crippen molar-refractivity contribution in [2.75, 3.05) is 25.0 Å². The molecule has 0 radical (unpaired) electrons. The number of aliphatic hydroxyl groups excluding tert-OH is 1. The molecular formula is C13H18N2O2. The molecular weight excluding hydrogens is 216 g/mol. The second-order valence-electron chi connectivity index (χ2n) is 4.45. The third-order valence-corrected chi connectivity index (χ3v) is 2.95. The van der Waals surface area contributed by atoms with Crippen LogP contribution in [0.1, 0.15) is 12.5 Å². The maximum absolute atomic E-state index is 11.6. The zero-order chi connectivity index (χ0) is 12.3. The lowest BCUT2D eigenvalue weighted by Gasteiger charge is -2.34. The van der Waals surface area contributed by atoms with E-state index in [1.54, 1.807) is 0 Å². The number of carbonyl (C=O) groups excluding carboxylic acids is 1. The number of aryl methyl sites for hydroxylation is 1. The first kappa shape index (κ1) is 12.1. The van der Waals surface area contributed by atoms with E-state index in [0.717, 1.165) is 12.1 Å². The highest BCUT2D eigenvalue weighted by molar-refractivity contribution is 5.92. The van der Waals surface area contributed by atoms with Crippen molar-refractivity contribution in [3.63, 3.8) is 0 Å². The molecule has 1 amide bonds. The highest BCUT2D eigenvalue weighted by atomic mass is 16.3. The number of nitrogens with zero attached hydrogens (tertiary/aromatic N) is 1. The van der Waals surface area contributed by atoms with Crippen LogP contribution in [-0.2, 0) is 11.2 Å². The van der Waals surface area contributed by atoms with Crippen molar-refractivity contribution in [2.45, 2.75) is 19.4 Å². The molecule has 4 heteroatoms. The van der Waals surface area contributed by atoms with Crippen molar-refractivity contribution in [2.24, 2.45) is 0 Å². The summed E-state index contributed by atoms with van der Waals surface area (Å²) in [7, 11) is 0. The molecule has 2 N–H and O–H groups in total. The van der Waals surface area contributed by atoms with Gasteiger partial charge in [0.2, 0.25) is 5.91 Å². The molecule has 1 heterocycles. The van der Waals surface area contributed by atoms with Crippen molar-refractivity contribution in [3.8, 4) is 0 Å². The predicted molar refractivity (Wildman–Crippen MR) is 66.9 cm³/mol. The van der Waals surface area contributed by atoms with Crippen LogP contribution in [0.25, 0.3) is 0 Å². The fourth-order valence-corrected chi connectivity index (χ4v) is 1.90. The first-order chi connectivity index (χ1) is 8.17. The van der Waals surface area contributed by atoms with E-state index < -0.39 is 0 Å². The zero-order valence-electron chi connectivity index (χ0n) is 10.0. The number of carbonyl (C=O) groups is 1.